The fourth-order valence-electron chi connectivity index (χ4n) is 2.99. The Morgan fingerprint density at radius 3 is 2.54 bits per heavy atom. The van der Waals surface area contributed by atoms with E-state index in [1.54, 1.807) is 25.1 Å². The van der Waals surface area contributed by atoms with E-state index in [0.29, 0.717) is 17.8 Å². The first-order valence-corrected chi connectivity index (χ1v) is 9.14. The van der Waals surface area contributed by atoms with Gasteiger partial charge in [0.05, 0.1) is 22.2 Å². The molecule has 0 heterocycles. The van der Waals surface area contributed by atoms with Crippen LogP contribution >= 0.6 is 0 Å². The van der Waals surface area contributed by atoms with Crippen LogP contribution in [0, 0.1) is 28.4 Å². The second kappa shape index (κ2) is 9.62. The smallest absolute Gasteiger partial charge is 0.271 e. The number of nitro groups is 1. The molecule has 2 aromatic rings. The molecule has 0 bridgehead atoms. The van der Waals surface area contributed by atoms with Gasteiger partial charge in [-0.2, -0.15) is 5.26 Å². The van der Waals surface area contributed by atoms with Gasteiger partial charge in [0.15, 0.2) is 0 Å². The average Bonchev–Trinajstić information content (AvgIpc) is 2.69. The Balaban J connectivity index is 1.99. The van der Waals surface area contributed by atoms with Crippen LogP contribution in [0.4, 0.5) is 11.4 Å². The molecule has 1 atom stereocenters. The molecule has 1 amide bonds. The van der Waals surface area contributed by atoms with Crippen molar-refractivity contribution in [2.45, 2.75) is 33.2 Å². The lowest BCUT2D eigenvalue weighted by atomic mass is 10.0. The van der Waals surface area contributed by atoms with Crippen LogP contribution in [-0.2, 0) is 4.79 Å². The molecule has 2 aromatic carbocycles. The van der Waals surface area contributed by atoms with Gasteiger partial charge < -0.3 is 5.32 Å². The molecular formula is C21H24N4O3. The molecule has 0 spiro atoms. The number of benzene rings is 2. The standard InChI is InChI=1S/C21H24N4O3/c1-4-24(16(3)18-8-6-17(14-22)7-9-18)12-11-21(26)23-20-13-19(25(27)28)10-5-15(20)2/h5-10,13,16H,4,11-12H2,1-3H3,(H,23,26). The van der Waals surface area contributed by atoms with Crippen molar-refractivity contribution in [3.8, 4) is 6.07 Å². The van der Waals surface area contributed by atoms with Crippen molar-refractivity contribution in [2.75, 3.05) is 18.4 Å². The van der Waals surface area contributed by atoms with E-state index in [1.165, 1.54) is 12.1 Å². The lowest BCUT2D eigenvalue weighted by molar-refractivity contribution is -0.384. The number of nitriles is 1. The van der Waals surface area contributed by atoms with E-state index >= 15 is 0 Å². The van der Waals surface area contributed by atoms with E-state index in [4.69, 9.17) is 5.26 Å². The highest BCUT2D eigenvalue weighted by Crippen LogP contribution is 2.23. The Labute approximate surface area is 164 Å². The van der Waals surface area contributed by atoms with Crippen LogP contribution in [0.15, 0.2) is 42.5 Å². The molecule has 7 heteroatoms. The molecule has 0 aromatic heterocycles. The highest BCUT2D eigenvalue weighted by Gasteiger charge is 2.16. The van der Waals surface area contributed by atoms with Crippen molar-refractivity contribution in [2.24, 2.45) is 0 Å². The van der Waals surface area contributed by atoms with E-state index in [9.17, 15) is 14.9 Å². The number of aryl methyl sites for hydroxylation is 1. The molecule has 1 unspecified atom stereocenters. The van der Waals surface area contributed by atoms with Gasteiger partial charge >= 0.3 is 0 Å². The van der Waals surface area contributed by atoms with E-state index in [-0.39, 0.29) is 24.1 Å². The van der Waals surface area contributed by atoms with Crippen LogP contribution in [0.25, 0.3) is 0 Å². The number of carbonyl (C=O) groups is 1. The molecule has 28 heavy (non-hydrogen) atoms. The number of hydrogen-bond acceptors (Lipinski definition) is 5. The maximum Gasteiger partial charge on any atom is 0.271 e. The molecule has 0 saturated carbocycles. The summed E-state index contributed by atoms with van der Waals surface area (Å²) in [6, 6.07) is 14.1. The molecule has 2 rings (SSSR count). The zero-order valence-corrected chi connectivity index (χ0v) is 16.3. The second-order valence-electron chi connectivity index (χ2n) is 6.59. The number of hydrogen-bond donors (Lipinski definition) is 1. The molecule has 0 fully saturated rings. The Morgan fingerprint density at radius 1 is 1.29 bits per heavy atom. The van der Waals surface area contributed by atoms with Gasteiger partial charge in [0.25, 0.3) is 5.69 Å². The molecule has 0 saturated heterocycles. The van der Waals surface area contributed by atoms with E-state index in [1.807, 2.05) is 19.1 Å². The zero-order valence-electron chi connectivity index (χ0n) is 16.3. The average molecular weight is 380 g/mol. The van der Waals surface area contributed by atoms with Crippen LogP contribution in [0.2, 0.25) is 0 Å². The number of carbonyl (C=O) groups excluding carboxylic acids is 1. The molecule has 0 aliphatic heterocycles. The summed E-state index contributed by atoms with van der Waals surface area (Å²) in [5, 5.41) is 22.6. The number of rotatable bonds is 8. The van der Waals surface area contributed by atoms with Crippen molar-refractivity contribution in [1.29, 1.82) is 5.26 Å². The first-order valence-electron chi connectivity index (χ1n) is 9.14. The third kappa shape index (κ3) is 5.38. The number of nitrogens with one attached hydrogen (secondary N) is 1. The molecule has 7 nitrogen and oxygen atoms in total. The van der Waals surface area contributed by atoms with Gasteiger partial charge in [-0.15, -0.1) is 0 Å². The summed E-state index contributed by atoms with van der Waals surface area (Å²) >= 11 is 0. The highest BCUT2D eigenvalue weighted by atomic mass is 16.6. The normalized spacial score (nSPS) is 11.7. The first kappa shape index (κ1) is 21.1. The van der Waals surface area contributed by atoms with Crippen LogP contribution in [0.3, 0.4) is 0 Å². The molecule has 0 aliphatic carbocycles. The monoisotopic (exact) mass is 380 g/mol. The van der Waals surface area contributed by atoms with Gasteiger partial charge in [0.1, 0.15) is 0 Å². The number of non-ortho nitro benzene ring substituents is 1. The Hall–Kier alpha value is -3.24. The molecule has 0 radical (unpaired) electrons. The number of amides is 1. The summed E-state index contributed by atoms with van der Waals surface area (Å²) < 4.78 is 0. The topological polar surface area (TPSA) is 99.3 Å². The van der Waals surface area contributed by atoms with Crippen molar-refractivity contribution in [3.63, 3.8) is 0 Å². The first-order chi connectivity index (χ1) is 13.3. The minimum absolute atomic E-state index is 0.0504. The van der Waals surface area contributed by atoms with Gasteiger partial charge in [-0.25, -0.2) is 0 Å². The molecule has 0 aliphatic rings. The zero-order chi connectivity index (χ0) is 20.7. The van der Waals surface area contributed by atoms with E-state index in [2.05, 4.69) is 23.2 Å². The van der Waals surface area contributed by atoms with Crippen molar-refractivity contribution in [1.82, 2.24) is 4.90 Å². The van der Waals surface area contributed by atoms with Crippen LogP contribution < -0.4 is 5.32 Å². The quantitative estimate of drug-likeness (QED) is 0.547. The van der Waals surface area contributed by atoms with Crippen molar-refractivity contribution in [3.05, 3.63) is 69.3 Å². The number of anilines is 1. The third-order valence-corrected chi connectivity index (χ3v) is 4.81. The van der Waals surface area contributed by atoms with Crippen molar-refractivity contribution < 1.29 is 9.72 Å². The second-order valence-corrected chi connectivity index (χ2v) is 6.59. The fraction of sp³-hybridized carbons (Fsp3) is 0.333. The lowest BCUT2D eigenvalue weighted by Crippen LogP contribution is -2.30. The van der Waals surface area contributed by atoms with Gasteiger partial charge in [-0.05, 0) is 43.7 Å². The van der Waals surface area contributed by atoms with E-state index in [0.717, 1.165) is 17.7 Å². The largest absolute Gasteiger partial charge is 0.326 e. The number of nitro benzene ring substituents is 1. The molecular weight excluding hydrogens is 356 g/mol. The van der Waals surface area contributed by atoms with E-state index < -0.39 is 4.92 Å². The van der Waals surface area contributed by atoms with Gasteiger partial charge in [-0.3, -0.25) is 19.8 Å². The maximum absolute atomic E-state index is 12.4. The minimum Gasteiger partial charge on any atom is -0.326 e. The maximum atomic E-state index is 12.4. The summed E-state index contributed by atoms with van der Waals surface area (Å²) in [5.74, 6) is -0.186. The molecule has 1 N–H and O–H groups in total. The Bertz CT molecular complexity index is 888. The Morgan fingerprint density at radius 2 is 1.96 bits per heavy atom. The Kier molecular flexibility index (Phi) is 7.24. The SMILES string of the molecule is CCN(CCC(=O)Nc1cc([N+](=O)[O-])ccc1C)C(C)c1ccc(C#N)cc1. The predicted octanol–water partition coefficient (Wildman–Crippen LogP) is 4.19. The van der Waals surface area contributed by atoms with Gasteiger partial charge in [-0.1, -0.05) is 25.1 Å². The highest BCUT2D eigenvalue weighted by molar-refractivity contribution is 5.92. The number of nitrogens with zero attached hydrogens (tertiary/aromatic N) is 3. The predicted molar refractivity (Wildman–Crippen MR) is 108 cm³/mol. The summed E-state index contributed by atoms with van der Waals surface area (Å²) in [7, 11) is 0. The summed E-state index contributed by atoms with van der Waals surface area (Å²) in [6.45, 7) is 7.21. The van der Waals surface area contributed by atoms with Gasteiger partial charge in [0, 0.05) is 31.1 Å². The summed E-state index contributed by atoms with van der Waals surface area (Å²) in [6.07, 6.45) is 0.274. The van der Waals surface area contributed by atoms with Gasteiger partial charge in [0.2, 0.25) is 5.91 Å². The summed E-state index contributed by atoms with van der Waals surface area (Å²) in [5.41, 5.74) is 2.88. The fourth-order valence-corrected chi connectivity index (χ4v) is 2.99. The van der Waals surface area contributed by atoms with Crippen LogP contribution in [0.5, 0.6) is 0 Å². The molecule has 146 valence electrons. The lowest BCUT2D eigenvalue weighted by Gasteiger charge is -2.28. The van der Waals surface area contributed by atoms with Crippen LogP contribution in [0.1, 0.15) is 43.0 Å². The third-order valence-electron chi connectivity index (χ3n) is 4.81. The minimum atomic E-state index is -0.479. The van der Waals surface area contributed by atoms with Crippen LogP contribution in [-0.4, -0.2) is 28.8 Å². The van der Waals surface area contributed by atoms with Crippen molar-refractivity contribution >= 4 is 17.3 Å². The summed E-state index contributed by atoms with van der Waals surface area (Å²) in [4.78, 5) is 25.0.